The molecule has 1 saturated carbocycles. The Balaban J connectivity index is 1.69. The smallest absolute Gasteiger partial charge is 0.268 e. The molecule has 1 aliphatic rings. The maximum absolute atomic E-state index is 14.1. The van der Waals surface area contributed by atoms with Crippen LogP contribution >= 0.6 is 0 Å². The van der Waals surface area contributed by atoms with Crippen LogP contribution in [0.25, 0.3) is 17.0 Å². The first-order valence-corrected chi connectivity index (χ1v) is 10.2. The van der Waals surface area contributed by atoms with E-state index < -0.39 is 11.7 Å². The van der Waals surface area contributed by atoms with Crippen molar-refractivity contribution in [2.45, 2.75) is 31.7 Å². The van der Waals surface area contributed by atoms with E-state index in [1.807, 2.05) is 42.1 Å². The second kappa shape index (κ2) is 8.53. The molecule has 1 aromatic heterocycles. The van der Waals surface area contributed by atoms with Crippen LogP contribution in [0, 0.1) is 5.82 Å². The number of hydrogen-bond donors (Lipinski definition) is 2. The van der Waals surface area contributed by atoms with Gasteiger partial charge in [-0.05, 0) is 37.1 Å². The highest BCUT2D eigenvalue weighted by Crippen LogP contribution is 2.23. The predicted octanol–water partition coefficient (Wildman–Crippen LogP) is 4.15. The van der Waals surface area contributed by atoms with Gasteiger partial charge in [0.25, 0.3) is 11.8 Å². The summed E-state index contributed by atoms with van der Waals surface area (Å²) in [6.07, 6.45) is 7.57. The van der Waals surface area contributed by atoms with Crippen LogP contribution in [-0.2, 0) is 11.8 Å². The Labute approximate surface area is 174 Å². The third-order valence-electron chi connectivity index (χ3n) is 5.53. The molecule has 2 N–H and O–H groups in total. The summed E-state index contributed by atoms with van der Waals surface area (Å²) in [7, 11) is 1.93. The summed E-state index contributed by atoms with van der Waals surface area (Å²) in [5, 5.41) is 6.60. The number of amides is 2. The quantitative estimate of drug-likeness (QED) is 0.627. The highest BCUT2D eigenvalue weighted by Gasteiger charge is 2.22. The van der Waals surface area contributed by atoms with Gasteiger partial charge in [-0.1, -0.05) is 43.2 Å². The standard InChI is InChI=1S/C24H24FN3O2/c1-28-15-16(18-10-5-7-13-22(18)28)14-21(24(30)26-17-8-2-3-9-17)27-23(29)19-11-4-6-12-20(19)25/h4-7,10-15,17H,2-3,8-9H2,1H3,(H,26,30)(H,27,29). The Bertz CT molecular complexity index is 1130. The minimum Gasteiger partial charge on any atom is -0.350 e. The van der Waals surface area contributed by atoms with E-state index in [0.29, 0.717) is 0 Å². The molecule has 2 amide bonds. The molecule has 0 atom stereocenters. The molecule has 0 aliphatic heterocycles. The molecule has 0 unspecified atom stereocenters. The highest BCUT2D eigenvalue weighted by atomic mass is 19.1. The number of aryl methyl sites for hydroxylation is 1. The summed E-state index contributed by atoms with van der Waals surface area (Å²) < 4.78 is 16.0. The zero-order valence-corrected chi connectivity index (χ0v) is 16.8. The Morgan fingerprint density at radius 1 is 1.07 bits per heavy atom. The number of aromatic nitrogens is 1. The lowest BCUT2D eigenvalue weighted by Gasteiger charge is -2.15. The Hall–Kier alpha value is -3.41. The largest absolute Gasteiger partial charge is 0.350 e. The minimum absolute atomic E-state index is 0.0961. The van der Waals surface area contributed by atoms with E-state index in [2.05, 4.69) is 10.6 Å². The van der Waals surface area contributed by atoms with Crippen LogP contribution in [0.2, 0.25) is 0 Å². The van der Waals surface area contributed by atoms with E-state index in [4.69, 9.17) is 0 Å². The Morgan fingerprint density at radius 3 is 2.53 bits per heavy atom. The summed E-state index contributed by atoms with van der Waals surface area (Å²) in [6, 6.07) is 13.7. The van der Waals surface area contributed by atoms with E-state index in [-0.39, 0.29) is 23.2 Å². The molecule has 1 heterocycles. The van der Waals surface area contributed by atoms with Gasteiger partial charge in [-0.15, -0.1) is 0 Å². The first kappa shape index (κ1) is 19.9. The van der Waals surface area contributed by atoms with Crippen LogP contribution in [0.15, 0.2) is 60.4 Å². The molecule has 0 radical (unpaired) electrons. The van der Waals surface area contributed by atoms with Crippen LogP contribution in [0.1, 0.15) is 41.6 Å². The molecule has 4 rings (SSSR count). The fraction of sp³-hybridized carbons (Fsp3) is 0.250. The highest BCUT2D eigenvalue weighted by molar-refractivity contribution is 6.06. The fourth-order valence-electron chi connectivity index (χ4n) is 3.97. The molecule has 1 aliphatic carbocycles. The van der Waals surface area contributed by atoms with Crippen molar-refractivity contribution in [3.63, 3.8) is 0 Å². The summed E-state index contributed by atoms with van der Waals surface area (Å²) >= 11 is 0. The average molecular weight is 405 g/mol. The Morgan fingerprint density at radius 2 is 1.77 bits per heavy atom. The minimum atomic E-state index is -0.652. The van der Waals surface area contributed by atoms with Crippen molar-refractivity contribution in [2.75, 3.05) is 0 Å². The van der Waals surface area contributed by atoms with Gasteiger partial charge in [-0.3, -0.25) is 9.59 Å². The number of benzene rings is 2. The second-order valence-electron chi connectivity index (χ2n) is 7.66. The topological polar surface area (TPSA) is 63.1 Å². The number of rotatable bonds is 5. The van der Waals surface area contributed by atoms with Crippen molar-refractivity contribution in [1.82, 2.24) is 15.2 Å². The number of para-hydroxylation sites is 1. The molecular weight excluding hydrogens is 381 g/mol. The summed E-state index contributed by atoms with van der Waals surface area (Å²) in [6.45, 7) is 0. The monoisotopic (exact) mass is 405 g/mol. The average Bonchev–Trinajstić information content (AvgIpc) is 3.36. The van der Waals surface area contributed by atoms with Crippen molar-refractivity contribution in [3.05, 3.63) is 77.4 Å². The van der Waals surface area contributed by atoms with E-state index in [0.717, 1.165) is 42.1 Å². The van der Waals surface area contributed by atoms with Crippen molar-refractivity contribution in [3.8, 4) is 0 Å². The van der Waals surface area contributed by atoms with Crippen LogP contribution in [0.4, 0.5) is 4.39 Å². The number of hydrogen-bond acceptors (Lipinski definition) is 2. The van der Waals surface area contributed by atoms with Gasteiger partial charge in [0.1, 0.15) is 11.5 Å². The van der Waals surface area contributed by atoms with Gasteiger partial charge >= 0.3 is 0 Å². The van der Waals surface area contributed by atoms with Crippen molar-refractivity contribution < 1.29 is 14.0 Å². The molecule has 1 fully saturated rings. The number of carbonyl (C=O) groups excluding carboxylic acids is 2. The predicted molar refractivity (Wildman–Crippen MR) is 115 cm³/mol. The van der Waals surface area contributed by atoms with Gasteiger partial charge in [0.2, 0.25) is 0 Å². The lowest BCUT2D eigenvalue weighted by molar-refractivity contribution is -0.118. The van der Waals surface area contributed by atoms with Crippen molar-refractivity contribution >= 4 is 28.8 Å². The molecular formula is C24H24FN3O2. The van der Waals surface area contributed by atoms with Crippen LogP contribution < -0.4 is 10.6 Å². The molecule has 6 heteroatoms. The van der Waals surface area contributed by atoms with Crippen molar-refractivity contribution in [1.29, 1.82) is 0 Å². The van der Waals surface area contributed by atoms with E-state index in [1.165, 1.54) is 18.2 Å². The van der Waals surface area contributed by atoms with Gasteiger partial charge in [0.05, 0.1) is 5.56 Å². The zero-order valence-electron chi connectivity index (χ0n) is 16.8. The number of halogens is 1. The molecule has 0 spiro atoms. The number of nitrogens with zero attached hydrogens (tertiary/aromatic N) is 1. The second-order valence-corrected chi connectivity index (χ2v) is 7.66. The zero-order chi connectivity index (χ0) is 21.1. The molecule has 5 nitrogen and oxygen atoms in total. The van der Waals surface area contributed by atoms with Crippen molar-refractivity contribution in [2.24, 2.45) is 7.05 Å². The van der Waals surface area contributed by atoms with Crippen LogP contribution in [-0.4, -0.2) is 22.4 Å². The van der Waals surface area contributed by atoms with Gasteiger partial charge in [-0.25, -0.2) is 4.39 Å². The van der Waals surface area contributed by atoms with Gasteiger partial charge in [-0.2, -0.15) is 0 Å². The lowest BCUT2D eigenvalue weighted by atomic mass is 10.1. The van der Waals surface area contributed by atoms with Gasteiger partial charge < -0.3 is 15.2 Å². The molecule has 30 heavy (non-hydrogen) atoms. The molecule has 0 bridgehead atoms. The van der Waals surface area contributed by atoms with Gasteiger partial charge in [0.15, 0.2) is 0 Å². The number of carbonyl (C=O) groups is 2. The normalized spacial score (nSPS) is 14.8. The summed E-state index contributed by atoms with van der Waals surface area (Å²) in [5.74, 6) is -1.64. The fourth-order valence-corrected chi connectivity index (χ4v) is 3.97. The van der Waals surface area contributed by atoms with E-state index in [9.17, 15) is 14.0 Å². The Kier molecular flexibility index (Phi) is 5.65. The first-order chi connectivity index (χ1) is 14.5. The maximum atomic E-state index is 14.1. The molecule has 3 aromatic rings. The summed E-state index contributed by atoms with van der Waals surface area (Å²) in [4.78, 5) is 25.7. The third-order valence-corrected chi connectivity index (χ3v) is 5.53. The SMILES string of the molecule is Cn1cc(C=C(NC(=O)c2ccccc2F)C(=O)NC2CCCC2)c2ccccc21. The summed E-state index contributed by atoms with van der Waals surface area (Å²) in [5.41, 5.74) is 1.82. The third kappa shape index (κ3) is 4.13. The van der Waals surface area contributed by atoms with E-state index >= 15 is 0 Å². The van der Waals surface area contributed by atoms with Crippen LogP contribution in [0.5, 0.6) is 0 Å². The number of fused-ring (bicyclic) bond motifs is 1. The first-order valence-electron chi connectivity index (χ1n) is 10.2. The molecule has 0 saturated heterocycles. The number of nitrogens with one attached hydrogen (secondary N) is 2. The lowest BCUT2D eigenvalue weighted by Crippen LogP contribution is -2.39. The molecule has 154 valence electrons. The molecule has 2 aromatic carbocycles. The maximum Gasteiger partial charge on any atom is 0.268 e. The van der Waals surface area contributed by atoms with Crippen LogP contribution in [0.3, 0.4) is 0 Å². The van der Waals surface area contributed by atoms with Gasteiger partial charge in [0, 0.05) is 35.8 Å². The van der Waals surface area contributed by atoms with E-state index in [1.54, 1.807) is 12.1 Å².